The minimum atomic E-state index is -5.03. The summed E-state index contributed by atoms with van der Waals surface area (Å²) < 4.78 is 69.4. The van der Waals surface area contributed by atoms with Crippen molar-refractivity contribution in [3.63, 3.8) is 0 Å². The van der Waals surface area contributed by atoms with Crippen molar-refractivity contribution in [2.75, 3.05) is 5.32 Å². The zero-order chi connectivity index (χ0) is 25.6. The largest absolute Gasteiger partial charge is 0.434 e. The molecule has 0 aromatic carbocycles. The highest BCUT2D eigenvalue weighted by Crippen LogP contribution is 2.38. The highest BCUT2D eigenvalue weighted by molar-refractivity contribution is 7.19. The molecule has 1 N–H and O–H groups in total. The van der Waals surface area contributed by atoms with Crippen LogP contribution in [0, 0.1) is 0 Å². The first-order valence-electron chi connectivity index (χ1n) is 9.78. The summed E-state index contributed by atoms with van der Waals surface area (Å²) in [4.78, 5) is 21.5. The van der Waals surface area contributed by atoms with E-state index in [0.29, 0.717) is 16.0 Å². The summed E-state index contributed by atoms with van der Waals surface area (Å²) in [6.07, 6.45) is -0.838. The second-order valence-electron chi connectivity index (χ2n) is 7.14. The molecular formula is C20H10ClF5N8OS. The zero-order valence-electron chi connectivity index (χ0n) is 17.4. The standard InChI is InChI=1S/C20H10ClF5N8OS/c21-12-3-9(5-28-18(12)34-29-1-2-30-34)32-19(35)11-6-31-33(16(11)20(24,25)26)13-7-27-8-15-10(13)4-14(36-15)17(22)23/h1-8,17H,(H,32,35). The average molecular weight is 541 g/mol. The number of rotatable bonds is 5. The zero-order valence-corrected chi connectivity index (χ0v) is 19.0. The van der Waals surface area contributed by atoms with Gasteiger partial charge in [0.05, 0.1) is 62.5 Å². The first-order chi connectivity index (χ1) is 17.1. The Morgan fingerprint density at radius 2 is 1.81 bits per heavy atom. The van der Waals surface area contributed by atoms with Crippen LogP contribution in [-0.4, -0.2) is 40.6 Å². The van der Waals surface area contributed by atoms with Gasteiger partial charge in [-0.2, -0.15) is 28.5 Å². The third-order valence-corrected chi connectivity index (χ3v) is 6.21. The van der Waals surface area contributed by atoms with E-state index in [-0.39, 0.29) is 37.2 Å². The normalized spacial score (nSPS) is 12.0. The molecule has 0 spiro atoms. The van der Waals surface area contributed by atoms with E-state index < -0.39 is 29.8 Å². The minimum Gasteiger partial charge on any atom is -0.320 e. The van der Waals surface area contributed by atoms with Crippen molar-refractivity contribution in [3.8, 4) is 11.5 Å². The van der Waals surface area contributed by atoms with Crippen LogP contribution in [0.1, 0.15) is 27.4 Å². The molecule has 0 fully saturated rings. The van der Waals surface area contributed by atoms with Crippen LogP contribution in [-0.2, 0) is 6.18 Å². The summed E-state index contributed by atoms with van der Waals surface area (Å²) in [6, 6.07) is 2.34. The second kappa shape index (κ2) is 8.91. The van der Waals surface area contributed by atoms with Crippen LogP contribution >= 0.6 is 22.9 Å². The van der Waals surface area contributed by atoms with Crippen molar-refractivity contribution in [3.05, 3.63) is 70.5 Å². The van der Waals surface area contributed by atoms with E-state index in [0.717, 1.165) is 23.3 Å². The van der Waals surface area contributed by atoms with E-state index >= 15 is 0 Å². The molecule has 0 radical (unpaired) electrons. The Labute approximate surface area is 206 Å². The van der Waals surface area contributed by atoms with Crippen molar-refractivity contribution in [1.82, 2.24) is 34.7 Å². The van der Waals surface area contributed by atoms with Crippen LogP contribution in [0.25, 0.3) is 21.6 Å². The summed E-state index contributed by atoms with van der Waals surface area (Å²) in [5.41, 5.74) is -2.42. The van der Waals surface area contributed by atoms with Crippen molar-refractivity contribution in [2.45, 2.75) is 12.6 Å². The number of amides is 1. The molecule has 0 aliphatic carbocycles. The van der Waals surface area contributed by atoms with Gasteiger partial charge in [-0.3, -0.25) is 9.78 Å². The first kappa shape index (κ1) is 23.7. The number of carbonyl (C=O) groups is 1. The molecule has 9 nitrogen and oxygen atoms in total. The summed E-state index contributed by atoms with van der Waals surface area (Å²) >= 11 is 6.85. The number of hydrogen-bond acceptors (Lipinski definition) is 7. The second-order valence-corrected chi connectivity index (χ2v) is 8.66. The Morgan fingerprint density at radius 3 is 2.47 bits per heavy atom. The highest BCUT2D eigenvalue weighted by Gasteiger charge is 2.41. The number of fused-ring (bicyclic) bond motifs is 1. The molecule has 0 saturated carbocycles. The molecule has 184 valence electrons. The molecule has 5 aromatic rings. The maximum atomic E-state index is 14.1. The van der Waals surface area contributed by atoms with E-state index in [2.05, 4.69) is 30.6 Å². The summed E-state index contributed by atoms with van der Waals surface area (Å²) in [5, 5.41) is 13.9. The Balaban J connectivity index is 1.53. The smallest absolute Gasteiger partial charge is 0.320 e. The van der Waals surface area contributed by atoms with Gasteiger partial charge >= 0.3 is 6.18 Å². The lowest BCUT2D eigenvalue weighted by Gasteiger charge is -2.13. The molecule has 5 rings (SSSR count). The number of anilines is 1. The van der Waals surface area contributed by atoms with E-state index in [1.165, 1.54) is 30.9 Å². The Bertz CT molecular complexity index is 1580. The number of aromatic nitrogens is 7. The molecule has 0 saturated heterocycles. The summed E-state index contributed by atoms with van der Waals surface area (Å²) in [5.74, 6) is -1.00. The molecule has 5 aromatic heterocycles. The van der Waals surface area contributed by atoms with Gasteiger partial charge < -0.3 is 5.32 Å². The van der Waals surface area contributed by atoms with Crippen molar-refractivity contribution in [2.24, 2.45) is 0 Å². The maximum absolute atomic E-state index is 14.1. The maximum Gasteiger partial charge on any atom is 0.434 e. The third-order valence-electron chi connectivity index (χ3n) is 4.86. The van der Waals surface area contributed by atoms with Crippen LogP contribution < -0.4 is 5.32 Å². The molecule has 1 amide bonds. The first-order valence-corrected chi connectivity index (χ1v) is 11.0. The molecule has 0 aliphatic rings. The number of alkyl halides is 5. The lowest BCUT2D eigenvalue weighted by molar-refractivity contribution is -0.143. The molecule has 0 aliphatic heterocycles. The van der Waals surface area contributed by atoms with E-state index in [1.54, 1.807) is 0 Å². The van der Waals surface area contributed by atoms with E-state index in [1.807, 2.05) is 0 Å². The van der Waals surface area contributed by atoms with Crippen LogP contribution in [0.2, 0.25) is 5.02 Å². The lowest BCUT2D eigenvalue weighted by Crippen LogP contribution is -2.21. The molecule has 0 atom stereocenters. The van der Waals surface area contributed by atoms with Gasteiger partial charge in [-0.1, -0.05) is 11.6 Å². The number of halogens is 6. The predicted octanol–water partition coefficient (Wildman–Crippen LogP) is 5.32. The topological polar surface area (TPSA) is 103 Å². The van der Waals surface area contributed by atoms with Gasteiger partial charge in [0.25, 0.3) is 12.3 Å². The highest BCUT2D eigenvalue weighted by atomic mass is 35.5. The number of carbonyl (C=O) groups excluding carboxylic acids is 1. The number of nitrogens with one attached hydrogen (secondary N) is 1. The fraction of sp³-hybridized carbons (Fsp3) is 0.100. The Morgan fingerprint density at radius 1 is 1.06 bits per heavy atom. The lowest BCUT2D eigenvalue weighted by atomic mass is 10.2. The summed E-state index contributed by atoms with van der Waals surface area (Å²) in [7, 11) is 0. The van der Waals surface area contributed by atoms with Gasteiger partial charge in [0.2, 0.25) is 0 Å². The van der Waals surface area contributed by atoms with Gasteiger partial charge in [-0.15, -0.1) is 16.1 Å². The van der Waals surface area contributed by atoms with Crippen LogP contribution in [0.4, 0.5) is 27.6 Å². The van der Waals surface area contributed by atoms with Crippen molar-refractivity contribution < 1.29 is 26.7 Å². The molecule has 0 bridgehead atoms. The van der Waals surface area contributed by atoms with Crippen LogP contribution in [0.3, 0.4) is 0 Å². The number of nitrogens with zero attached hydrogens (tertiary/aromatic N) is 7. The van der Waals surface area contributed by atoms with Gasteiger partial charge in [0, 0.05) is 11.6 Å². The monoisotopic (exact) mass is 540 g/mol. The van der Waals surface area contributed by atoms with Gasteiger partial charge in [-0.05, 0) is 12.1 Å². The van der Waals surface area contributed by atoms with E-state index in [4.69, 9.17) is 11.6 Å². The molecule has 36 heavy (non-hydrogen) atoms. The van der Waals surface area contributed by atoms with Gasteiger partial charge in [-0.25, -0.2) is 18.4 Å². The number of hydrogen-bond donors (Lipinski definition) is 1. The average Bonchev–Trinajstić information content (AvgIpc) is 3.57. The molecule has 0 unspecified atom stereocenters. The fourth-order valence-corrected chi connectivity index (χ4v) is 4.53. The predicted molar refractivity (Wildman–Crippen MR) is 119 cm³/mol. The fourth-order valence-electron chi connectivity index (χ4n) is 3.38. The quantitative estimate of drug-likeness (QED) is 0.303. The molecule has 5 heterocycles. The number of thiophene rings is 1. The van der Waals surface area contributed by atoms with Crippen LogP contribution in [0.5, 0.6) is 0 Å². The Kier molecular flexibility index (Phi) is 5.88. The van der Waals surface area contributed by atoms with Crippen LogP contribution in [0.15, 0.2) is 49.3 Å². The summed E-state index contributed by atoms with van der Waals surface area (Å²) in [6.45, 7) is 0. The van der Waals surface area contributed by atoms with Gasteiger partial charge in [0.15, 0.2) is 11.5 Å². The molecule has 16 heteroatoms. The number of pyridine rings is 2. The minimum absolute atomic E-state index is 0.00459. The third kappa shape index (κ3) is 4.26. The van der Waals surface area contributed by atoms with Crippen molar-refractivity contribution in [1.29, 1.82) is 0 Å². The molecular weight excluding hydrogens is 531 g/mol. The Hall–Kier alpha value is -3.98. The van der Waals surface area contributed by atoms with E-state index in [9.17, 15) is 26.7 Å². The van der Waals surface area contributed by atoms with Crippen molar-refractivity contribution >= 4 is 44.6 Å². The van der Waals surface area contributed by atoms with Gasteiger partial charge in [0.1, 0.15) is 0 Å². The SMILES string of the molecule is O=C(Nc1cnc(-n2nccn2)c(Cl)c1)c1cnn(-c2cncc3sc(C(F)F)cc23)c1C(F)(F)F.